The fourth-order valence-electron chi connectivity index (χ4n) is 1.44. The topological polar surface area (TPSA) is 12.5 Å². The smallest absolute Gasteiger partial charge is 0.0892 e. The lowest BCUT2D eigenvalue weighted by Crippen LogP contribution is -2.12. The fraction of sp³-hybridized carbons (Fsp3) is 1.00. The number of ether oxygens (including phenoxy) is 1. The number of epoxide rings is 1. The summed E-state index contributed by atoms with van der Waals surface area (Å²) in [4.78, 5) is 0. The molecule has 0 spiro atoms. The van der Waals surface area contributed by atoms with Crippen molar-refractivity contribution in [2.45, 2.75) is 65.6 Å². The Morgan fingerprint density at radius 3 is 2.17 bits per heavy atom. The first kappa shape index (κ1) is 10.0. The Morgan fingerprint density at radius 1 is 1.33 bits per heavy atom. The molecule has 0 amide bonds. The van der Waals surface area contributed by atoms with Gasteiger partial charge in [-0.3, -0.25) is 0 Å². The maximum atomic E-state index is 5.54. The third-order valence-corrected chi connectivity index (χ3v) is 3.20. The minimum atomic E-state index is 0.184. The minimum absolute atomic E-state index is 0.184. The summed E-state index contributed by atoms with van der Waals surface area (Å²) in [6, 6.07) is 0. The molecule has 0 aromatic heterocycles. The summed E-state index contributed by atoms with van der Waals surface area (Å²) >= 11 is 0. The molecule has 1 saturated heterocycles. The summed E-state index contributed by atoms with van der Waals surface area (Å²) in [5.74, 6) is 0. The second kappa shape index (κ2) is 3.02. The van der Waals surface area contributed by atoms with Gasteiger partial charge in [-0.25, -0.2) is 0 Å². The van der Waals surface area contributed by atoms with Crippen LogP contribution in [0.25, 0.3) is 0 Å². The molecule has 0 aromatic carbocycles. The van der Waals surface area contributed by atoms with E-state index in [0.29, 0.717) is 11.5 Å². The van der Waals surface area contributed by atoms with Crippen molar-refractivity contribution < 1.29 is 4.74 Å². The van der Waals surface area contributed by atoms with E-state index in [9.17, 15) is 0 Å². The third-order valence-electron chi connectivity index (χ3n) is 3.20. The van der Waals surface area contributed by atoms with Gasteiger partial charge in [0, 0.05) is 0 Å². The first-order valence-corrected chi connectivity index (χ1v) is 5.05. The van der Waals surface area contributed by atoms with Crippen LogP contribution < -0.4 is 0 Å². The highest BCUT2D eigenvalue weighted by molar-refractivity contribution is 4.95. The van der Waals surface area contributed by atoms with Crippen molar-refractivity contribution in [1.82, 2.24) is 0 Å². The summed E-state index contributed by atoms with van der Waals surface area (Å²) < 4.78 is 5.54. The van der Waals surface area contributed by atoms with Crippen molar-refractivity contribution >= 4 is 0 Å². The Labute approximate surface area is 76.5 Å². The van der Waals surface area contributed by atoms with Gasteiger partial charge in [-0.1, -0.05) is 27.2 Å². The Balaban J connectivity index is 2.19. The summed E-state index contributed by atoms with van der Waals surface area (Å²) in [6.07, 6.45) is 4.31. The molecule has 0 radical (unpaired) electrons. The monoisotopic (exact) mass is 170 g/mol. The number of rotatable bonds is 4. The Morgan fingerprint density at radius 2 is 1.83 bits per heavy atom. The fourth-order valence-corrected chi connectivity index (χ4v) is 1.44. The molecule has 1 aliphatic heterocycles. The maximum absolute atomic E-state index is 5.54. The zero-order valence-electron chi connectivity index (χ0n) is 9.11. The van der Waals surface area contributed by atoms with Crippen molar-refractivity contribution in [2.24, 2.45) is 5.41 Å². The summed E-state index contributed by atoms with van der Waals surface area (Å²) in [7, 11) is 0. The second-order valence-corrected chi connectivity index (χ2v) is 5.27. The average molecular weight is 170 g/mol. The highest BCUT2D eigenvalue weighted by Crippen LogP contribution is 2.41. The van der Waals surface area contributed by atoms with Gasteiger partial charge in [0.1, 0.15) is 0 Å². The van der Waals surface area contributed by atoms with Crippen LogP contribution >= 0.6 is 0 Å². The van der Waals surface area contributed by atoms with Gasteiger partial charge < -0.3 is 4.74 Å². The van der Waals surface area contributed by atoms with Gasteiger partial charge in [0.25, 0.3) is 0 Å². The quantitative estimate of drug-likeness (QED) is 0.589. The van der Waals surface area contributed by atoms with Gasteiger partial charge in [0.15, 0.2) is 0 Å². The Kier molecular flexibility index (Phi) is 2.53. The van der Waals surface area contributed by atoms with Crippen LogP contribution in [0.15, 0.2) is 0 Å². The van der Waals surface area contributed by atoms with Crippen LogP contribution in [0.2, 0.25) is 0 Å². The molecule has 1 fully saturated rings. The third kappa shape index (κ3) is 2.48. The summed E-state index contributed by atoms with van der Waals surface area (Å²) in [5.41, 5.74) is 0.686. The van der Waals surface area contributed by atoms with Crippen LogP contribution in [0.4, 0.5) is 0 Å². The van der Waals surface area contributed by atoms with Crippen molar-refractivity contribution in [3.63, 3.8) is 0 Å². The summed E-state index contributed by atoms with van der Waals surface area (Å²) in [5, 5.41) is 0. The molecule has 0 saturated carbocycles. The van der Waals surface area contributed by atoms with Crippen LogP contribution in [0.5, 0.6) is 0 Å². The number of hydrogen-bond donors (Lipinski definition) is 0. The highest BCUT2D eigenvalue weighted by atomic mass is 16.6. The van der Waals surface area contributed by atoms with E-state index in [2.05, 4.69) is 34.6 Å². The molecule has 1 unspecified atom stereocenters. The van der Waals surface area contributed by atoms with E-state index in [0.717, 1.165) is 0 Å². The molecule has 1 nitrogen and oxygen atoms in total. The van der Waals surface area contributed by atoms with Crippen molar-refractivity contribution in [2.75, 3.05) is 0 Å². The van der Waals surface area contributed by atoms with Gasteiger partial charge in [0.05, 0.1) is 11.7 Å². The molecule has 12 heavy (non-hydrogen) atoms. The van der Waals surface area contributed by atoms with Gasteiger partial charge in [-0.05, 0) is 32.1 Å². The standard InChI is InChI=1S/C11H22O/c1-6-10(2,3)8-7-9-11(4,5)12-9/h9H,6-8H2,1-5H3. The molecule has 1 heterocycles. The molecule has 0 N–H and O–H groups in total. The van der Waals surface area contributed by atoms with Crippen LogP contribution in [0.1, 0.15) is 53.9 Å². The molecule has 0 aromatic rings. The van der Waals surface area contributed by atoms with E-state index in [1.54, 1.807) is 0 Å². The maximum Gasteiger partial charge on any atom is 0.0892 e. The van der Waals surface area contributed by atoms with Gasteiger partial charge in [-0.2, -0.15) is 0 Å². The average Bonchev–Trinajstić information content (AvgIpc) is 2.56. The first-order valence-electron chi connectivity index (χ1n) is 5.05. The predicted octanol–water partition coefficient (Wildman–Crippen LogP) is 3.38. The van der Waals surface area contributed by atoms with Crippen molar-refractivity contribution in [1.29, 1.82) is 0 Å². The molecular weight excluding hydrogens is 148 g/mol. The zero-order valence-corrected chi connectivity index (χ0v) is 9.11. The molecule has 0 aliphatic carbocycles. The van der Waals surface area contributed by atoms with Gasteiger partial charge in [0.2, 0.25) is 0 Å². The summed E-state index contributed by atoms with van der Waals surface area (Å²) in [6.45, 7) is 11.3. The van der Waals surface area contributed by atoms with E-state index in [4.69, 9.17) is 4.74 Å². The van der Waals surface area contributed by atoms with Crippen LogP contribution in [-0.2, 0) is 4.74 Å². The Bertz CT molecular complexity index is 158. The van der Waals surface area contributed by atoms with E-state index in [-0.39, 0.29) is 5.60 Å². The molecule has 0 bridgehead atoms. The first-order chi connectivity index (χ1) is 5.37. The number of hydrogen-bond acceptors (Lipinski definition) is 1. The molecule has 1 aliphatic rings. The lowest BCUT2D eigenvalue weighted by atomic mass is 9.84. The van der Waals surface area contributed by atoms with Crippen LogP contribution in [-0.4, -0.2) is 11.7 Å². The lowest BCUT2D eigenvalue weighted by Gasteiger charge is -2.21. The molecule has 1 heteroatoms. The van der Waals surface area contributed by atoms with Crippen LogP contribution in [0.3, 0.4) is 0 Å². The minimum Gasteiger partial charge on any atom is -0.367 e. The molecular formula is C11H22O. The SMILES string of the molecule is CCC(C)(C)CCC1OC1(C)C. The van der Waals surface area contributed by atoms with E-state index in [1.807, 2.05) is 0 Å². The molecule has 1 atom stereocenters. The van der Waals surface area contributed by atoms with Gasteiger partial charge in [-0.15, -0.1) is 0 Å². The highest BCUT2D eigenvalue weighted by Gasteiger charge is 2.47. The lowest BCUT2D eigenvalue weighted by molar-refractivity contribution is 0.277. The second-order valence-electron chi connectivity index (χ2n) is 5.27. The molecule has 1 rings (SSSR count). The van der Waals surface area contributed by atoms with Gasteiger partial charge >= 0.3 is 0 Å². The molecule has 72 valence electrons. The van der Waals surface area contributed by atoms with E-state index < -0.39 is 0 Å². The normalized spacial score (nSPS) is 27.2. The van der Waals surface area contributed by atoms with Crippen molar-refractivity contribution in [3.05, 3.63) is 0 Å². The van der Waals surface area contributed by atoms with Crippen molar-refractivity contribution in [3.8, 4) is 0 Å². The largest absolute Gasteiger partial charge is 0.367 e. The van der Waals surface area contributed by atoms with E-state index in [1.165, 1.54) is 19.3 Å². The predicted molar refractivity (Wildman–Crippen MR) is 52.3 cm³/mol. The Hall–Kier alpha value is -0.0400. The van der Waals surface area contributed by atoms with E-state index >= 15 is 0 Å². The zero-order chi connectivity index (χ0) is 9.41. The van der Waals surface area contributed by atoms with Crippen LogP contribution in [0, 0.1) is 5.41 Å².